The summed E-state index contributed by atoms with van der Waals surface area (Å²) in [6, 6.07) is 8.70. The first-order valence-corrected chi connectivity index (χ1v) is 7.10. The van der Waals surface area contributed by atoms with Gasteiger partial charge in [-0.15, -0.1) is 0 Å². The van der Waals surface area contributed by atoms with Crippen molar-refractivity contribution in [3.8, 4) is 0 Å². The Hall–Kier alpha value is -0.980. The second kappa shape index (κ2) is 8.16. The number of nitrogens with zero attached hydrogens (tertiary/aromatic N) is 1. The summed E-state index contributed by atoms with van der Waals surface area (Å²) in [4.78, 5) is 2.50. The maximum absolute atomic E-state index is 2.50. The van der Waals surface area contributed by atoms with Crippen molar-refractivity contribution < 1.29 is 0 Å². The zero-order valence-electron chi connectivity index (χ0n) is 11.7. The van der Waals surface area contributed by atoms with E-state index in [4.69, 9.17) is 0 Å². The average molecular weight is 233 g/mol. The molecule has 0 fully saturated rings. The molecule has 0 heterocycles. The van der Waals surface area contributed by atoms with Gasteiger partial charge in [0.15, 0.2) is 0 Å². The average Bonchev–Trinajstić information content (AvgIpc) is 2.35. The second-order valence-corrected chi connectivity index (χ2v) is 4.78. The van der Waals surface area contributed by atoms with E-state index in [0.29, 0.717) is 0 Å². The van der Waals surface area contributed by atoms with Crippen molar-refractivity contribution in [1.29, 1.82) is 0 Å². The molecule has 0 saturated carbocycles. The summed E-state index contributed by atoms with van der Waals surface area (Å²) in [6.45, 7) is 9.03. The van der Waals surface area contributed by atoms with Crippen molar-refractivity contribution in [1.82, 2.24) is 0 Å². The van der Waals surface area contributed by atoms with Crippen molar-refractivity contribution in [3.63, 3.8) is 0 Å². The predicted octanol–water partition coefficient (Wildman–Crippen LogP) is 4.79. The van der Waals surface area contributed by atoms with Crippen LogP contribution in [0.3, 0.4) is 0 Å². The van der Waals surface area contributed by atoms with Gasteiger partial charge in [-0.25, -0.2) is 0 Å². The molecule has 96 valence electrons. The fourth-order valence-electron chi connectivity index (χ4n) is 2.27. The van der Waals surface area contributed by atoms with Crippen LogP contribution in [-0.2, 0) is 0 Å². The number of hydrogen-bond donors (Lipinski definition) is 0. The fourth-order valence-corrected chi connectivity index (χ4v) is 2.27. The van der Waals surface area contributed by atoms with E-state index < -0.39 is 0 Å². The molecule has 0 radical (unpaired) electrons. The van der Waals surface area contributed by atoms with Crippen LogP contribution >= 0.6 is 0 Å². The molecule has 0 bridgehead atoms. The highest BCUT2D eigenvalue weighted by molar-refractivity contribution is 5.52. The summed E-state index contributed by atoms with van der Waals surface area (Å²) in [5, 5.41) is 0. The van der Waals surface area contributed by atoms with E-state index >= 15 is 0 Å². The summed E-state index contributed by atoms with van der Waals surface area (Å²) >= 11 is 0. The number of unbranched alkanes of at least 4 members (excludes halogenated alkanes) is 4. The second-order valence-electron chi connectivity index (χ2n) is 4.78. The van der Waals surface area contributed by atoms with Crippen molar-refractivity contribution in [2.45, 2.75) is 52.9 Å². The van der Waals surface area contributed by atoms with Crippen LogP contribution in [0.4, 0.5) is 5.69 Å². The molecule has 0 N–H and O–H groups in total. The molecule has 0 atom stereocenters. The molecular formula is C16H27N. The number of benzene rings is 1. The number of aryl methyl sites for hydroxylation is 1. The van der Waals surface area contributed by atoms with E-state index in [1.807, 2.05) is 0 Å². The maximum Gasteiger partial charge on any atom is 0.0395 e. The Morgan fingerprint density at radius 3 is 2.29 bits per heavy atom. The van der Waals surface area contributed by atoms with Gasteiger partial charge in [-0.1, -0.05) is 50.8 Å². The van der Waals surface area contributed by atoms with Gasteiger partial charge in [0.2, 0.25) is 0 Å². The number of hydrogen-bond acceptors (Lipinski definition) is 1. The quantitative estimate of drug-likeness (QED) is 0.583. The highest BCUT2D eigenvalue weighted by atomic mass is 15.1. The Bertz CT molecular complexity index is 306. The molecule has 0 aliphatic rings. The number of anilines is 1. The highest BCUT2D eigenvalue weighted by Crippen LogP contribution is 2.19. The van der Waals surface area contributed by atoms with Crippen LogP contribution in [0.5, 0.6) is 0 Å². The molecule has 1 heteroatoms. The Labute approximate surface area is 107 Å². The first kappa shape index (κ1) is 14.1. The predicted molar refractivity (Wildman–Crippen MR) is 77.8 cm³/mol. The first-order valence-electron chi connectivity index (χ1n) is 7.10. The van der Waals surface area contributed by atoms with Gasteiger partial charge in [-0.3, -0.25) is 0 Å². The highest BCUT2D eigenvalue weighted by Gasteiger charge is 2.05. The van der Waals surface area contributed by atoms with Gasteiger partial charge >= 0.3 is 0 Å². The minimum absolute atomic E-state index is 1.11. The van der Waals surface area contributed by atoms with Crippen LogP contribution in [0.15, 0.2) is 24.3 Å². The van der Waals surface area contributed by atoms with Crippen LogP contribution in [0, 0.1) is 6.92 Å². The monoisotopic (exact) mass is 233 g/mol. The lowest BCUT2D eigenvalue weighted by Crippen LogP contribution is -2.24. The van der Waals surface area contributed by atoms with Crippen LogP contribution in [0.2, 0.25) is 0 Å². The van der Waals surface area contributed by atoms with Gasteiger partial charge in [-0.2, -0.15) is 0 Å². The third kappa shape index (κ3) is 4.80. The minimum Gasteiger partial charge on any atom is -0.372 e. The molecule has 0 amide bonds. The van der Waals surface area contributed by atoms with E-state index in [1.54, 1.807) is 0 Å². The van der Waals surface area contributed by atoms with Gasteiger partial charge in [0.05, 0.1) is 0 Å². The van der Waals surface area contributed by atoms with Gasteiger partial charge in [-0.05, 0) is 31.9 Å². The third-order valence-electron chi connectivity index (χ3n) is 3.37. The fraction of sp³-hybridized carbons (Fsp3) is 0.625. The Kier molecular flexibility index (Phi) is 6.76. The lowest BCUT2D eigenvalue weighted by atomic mass is 10.1. The maximum atomic E-state index is 2.50. The lowest BCUT2D eigenvalue weighted by Gasteiger charge is -2.24. The summed E-state index contributed by atoms with van der Waals surface area (Å²) in [6.07, 6.45) is 6.80. The SMILES string of the molecule is CCCCCCCN(CC)c1ccccc1C. The van der Waals surface area contributed by atoms with E-state index in [1.165, 1.54) is 49.9 Å². The molecule has 0 spiro atoms. The van der Waals surface area contributed by atoms with Crippen molar-refractivity contribution >= 4 is 5.69 Å². The topological polar surface area (TPSA) is 3.24 Å². The molecule has 1 rings (SSSR count). The molecule has 0 aromatic heterocycles. The summed E-state index contributed by atoms with van der Waals surface area (Å²) < 4.78 is 0. The Morgan fingerprint density at radius 2 is 1.65 bits per heavy atom. The van der Waals surface area contributed by atoms with Crippen LogP contribution < -0.4 is 4.90 Å². The van der Waals surface area contributed by atoms with Gasteiger partial charge < -0.3 is 4.90 Å². The molecule has 17 heavy (non-hydrogen) atoms. The van der Waals surface area contributed by atoms with Gasteiger partial charge in [0.1, 0.15) is 0 Å². The Balaban J connectivity index is 2.41. The van der Waals surface area contributed by atoms with Crippen molar-refractivity contribution in [3.05, 3.63) is 29.8 Å². The molecule has 0 unspecified atom stereocenters. The lowest BCUT2D eigenvalue weighted by molar-refractivity contribution is 0.621. The van der Waals surface area contributed by atoms with E-state index in [-0.39, 0.29) is 0 Å². The van der Waals surface area contributed by atoms with Crippen molar-refractivity contribution in [2.24, 2.45) is 0 Å². The Morgan fingerprint density at radius 1 is 0.941 bits per heavy atom. The first-order chi connectivity index (χ1) is 8.29. The smallest absolute Gasteiger partial charge is 0.0395 e. The minimum atomic E-state index is 1.11. The standard InChI is InChI=1S/C16H27N/c1-4-6-7-8-11-14-17(5-2)16-13-10-9-12-15(16)3/h9-10,12-13H,4-8,11,14H2,1-3H3. The molecule has 1 nitrogen and oxygen atoms in total. The molecule has 1 aromatic carbocycles. The van der Waals surface area contributed by atoms with E-state index in [0.717, 1.165) is 6.54 Å². The zero-order chi connectivity index (χ0) is 12.5. The van der Waals surface area contributed by atoms with Crippen LogP contribution in [0.1, 0.15) is 51.5 Å². The third-order valence-corrected chi connectivity index (χ3v) is 3.37. The largest absolute Gasteiger partial charge is 0.372 e. The molecule has 0 aliphatic carbocycles. The summed E-state index contributed by atoms with van der Waals surface area (Å²) in [5.74, 6) is 0. The van der Waals surface area contributed by atoms with Crippen molar-refractivity contribution in [2.75, 3.05) is 18.0 Å². The normalized spacial score (nSPS) is 10.5. The van der Waals surface area contributed by atoms with Crippen LogP contribution in [-0.4, -0.2) is 13.1 Å². The zero-order valence-corrected chi connectivity index (χ0v) is 11.7. The summed E-state index contributed by atoms with van der Waals surface area (Å²) in [5.41, 5.74) is 2.80. The van der Waals surface area contributed by atoms with E-state index in [9.17, 15) is 0 Å². The summed E-state index contributed by atoms with van der Waals surface area (Å²) in [7, 11) is 0. The van der Waals surface area contributed by atoms with Gasteiger partial charge in [0.25, 0.3) is 0 Å². The van der Waals surface area contributed by atoms with Gasteiger partial charge in [0, 0.05) is 18.8 Å². The molecule has 0 aliphatic heterocycles. The number of para-hydroxylation sites is 1. The molecule has 1 aromatic rings. The number of rotatable bonds is 8. The van der Waals surface area contributed by atoms with Crippen LogP contribution in [0.25, 0.3) is 0 Å². The van der Waals surface area contributed by atoms with E-state index in [2.05, 4.69) is 49.9 Å². The molecule has 0 saturated heterocycles. The molecular weight excluding hydrogens is 206 g/mol.